The van der Waals surface area contributed by atoms with Crippen LogP contribution in [0.4, 0.5) is 6.01 Å². The number of nitrogens with zero attached hydrogens (tertiary/aromatic N) is 2. The lowest BCUT2D eigenvalue weighted by atomic mass is 10.1. The molecule has 2 fully saturated rings. The molecule has 4 rings (SSSR count). The van der Waals surface area contributed by atoms with E-state index in [9.17, 15) is 4.79 Å². The van der Waals surface area contributed by atoms with Gasteiger partial charge >= 0.3 is 5.97 Å². The number of rotatable bonds is 2. The SMILES string of the molecule is O=C(O)c1ccc2nc(N3CCOC4CCCC43)oc2c1. The Hall–Kier alpha value is -2.08. The van der Waals surface area contributed by atoms with E-state index in [1.54, 1.807) is 12.1 Å². The Balaban J connectivity index is 1.71. The van der Waals surface area contributed by atoms with E-state index >= 15 is 0 Å². The summed E-state index contributed by atoms with van der Waals surface area (Å²) in [4.78, 5) is 17.7. The van der Waals surface area contributed by atoms with Gasteiger partial charge < -0.3 is 19.2 Å². The summed E-state index contributed by atoms with van der Waals surface area (Å²) in [5.41, 5.74) is 1.42. The van der Waals surface area contributed by atoms with Gasteiger partial charge in [-0.05, 0) is 37.5 Å². The average molecular weight is 288 g/mol. The van der Waals surface area contributed by atoms with Crippen molar-refractivity contribution in [3.8, 4) is 0 Å². The summed E-state index contributed by atoms with van der Waals surface area (Å²) in [5.74, 6) is -0.961. The Morgan fingerprint density at radius 2 is 2.29 bits per heavy atom. The van der Waals surface area contributed by atoms with Gasteiger partial charge in [0.2, 0.25) is 0 Å². The first-order valence-electron chi connectivity index (χ1n) is 7.24. The third-order valence-electron chi connectivity index (χ3n) is 4.35. The van der Waals surface area contributed by atoms with Gasteiger partial charge in [0.05, 0.1) is 24.3 Å². The van der Waals surface area contributed by atoms with Gasteiger partial charge in [-0.15, -0.1) is 0 Å². The quantitative estimate of drug-likeness (QED) is 0.913. The number of carbonyl (C=O) groups is 1. The highest BCUT2D eigenvalue weighted by molar-refractivity contribution is 5.92. The van der Waals surface area contributed by atoms with Crippen LogP contribution in [-0.2, 0) is 4.74 Å². The van der Waals surface area contributed by atoms with Gasteiger partial charge in [-0.25, -0.2) is 4.79 Å². The van der Waals surface area contributed by atoms with Crippen molar-refractivity contribution in [3.63, 3.8) is 0 Å². The summed E-state index contributed by atoms with van der Waals surface area (Å²) in [6, 6.07) is 5.67. The molecule has 0 bridgehead atoms. The van der Waals surface area contributed by atoms with Gasteiger partial charge in [-0.3, -0.25) is 0 Å². The van der Waals surface area contributed by atoms with Crippen molar-refractivity contribution in [2.75, 3.05) is 18.1 Å². The second kappa shape index (κ2) is 4.73. The maximum atomic E-state index is 11.0. The minimum absolute atomic E-state index is 0.214. The van der Waals surface area contributed by atoms with E-state index in [1.807, 2.05) is 0 Å². The van der Waals surface area contributed by atoms with Crippen molar-refractivity contribution >= 4 is 23.1 Å². The first-order valence-corrected chi connectivity index (χ1v) is 7.24. The first kappa shape index (κ1) is 12.6. The maximum absolute atomic E-state index is 11.0. The van der Waals surface area contributed by atoms with Gasteiger partial charge in [0.15, 0.2) is 5.58 Å². The lowest BCUT2D eigenvalue weighted by Gasteiger charge is -2.36. The van der Waals surface area contributed by atoms with Crippen LogP contribution in [0, 0.1) is 0 Å². The van der Waals surface area contributed by atoms with Gasteiger partial charge in [0, 0.05) is 6.54 Å². The van der Waals surface area contributed by atoms with Gasteiger partial charge in [0.1, 0.15) is 5.52 Å². The van der Waals surface area contributed by atoms with Crippen LogP contribution >= 0.6 is 0 Å². The van der Waals surface area contributed by atoms with Crippen LogP contribution in [0.2, 0.25) is 0 Å². The number of morpholine rings is 1. The second-order valence-corrected chi connectivity index (χ2v) is 5.58. The van der Waals surface area contributed by atoms with Crippen molar-refractivity contribution < 1.29 is 19.1 Å². The number of hydrogen-bond donors (Lipinski definition) is 1. The fourth-order valence-corrected chi connectivity index (χ4v) is 3.33. The van der Waals surface area contributed by atoms with Crippen LogP contribution in [0.25, 0.3) is 11.1 Å². The van der Waals surface area contributed by atoms with Crippen LogP contribution in [0.15, 0.2) is 22.6 Å². The molecule has 2 aromatic rings. The molecule has 1 saturated heterocycles. The lowest BCUT2D eigenvalue weighted by molar-refractivity contribution is 0.0237. The molecule has 1 saturated carbocycles. The Kier molecular flexibility index (Phi) is 2.85. The summed E-state index contributed by atoms with van der Waals surface area (Å²) in [6.45, 7) is 1.44. The third-order valence-corrected chi connectivity index (χ3v) is 4.35. The van der Waals surface area contributed by atoms with Gasteiger partial charge in [-0.2, -0.15) is 4.98 Å². The molecular weight excluding hydrogens is 272 g/mol. The van der Waals surface area contributed by atoms with Crippen molar-refractivity contribution in [2.24, 2.45) is 0 Å². The number of ether oxygens (including phenoxy) is 1. The Morgan fingerprint density at radius 3 is 3.14 bits per heavy atom. The standard InChI is InChI=1S/C15H16N2O4/c18-14(19)9-4-5-10-13(8-9)21-15(16-10)17-6-7-20-12-3-1-2-11(12)17/h4-5,8,11-12H,1-3,6-7H2,(H,18,19). The predicted octanol–water partition coefficient (Wildman–Crippen LogP) is 2.28. The molecule has 1 aromatic heterocycles. The largest absolute Gasteiger partial charge is 0.478 e. The molecule has 2 aliphatic rings. The Bertz CT molecular complexity index is 696. The summed E-state index contributed by atoms with van der Waals surface area (Å²) in [5, 5.41) is 9.03. The van der Waals surface area contributed by atoms with E-state index in [4.69, 9.17) is 14.3 Å². The molecule has 0 amide bonds. The number of aromatic nitrogens is 1. The van der Waals surface area contributed by atoms with Crippen molar-refractivity contribution in [3.05, 3.63) is 23.8 Å². The number of carboxylic acid groups (broad SMARTS) is 1. The molecule has 2 atom stereocenters. The van der Waals surface area contributed by atoms with E-state index in [1.165, 1.54) is 6.07 Å². The molecule has 6 heteroatoms. The van der Waals surface area contributed by atoms with E-state index < -0.39 is 5.97 Å². The average Bonchev–Trinajstić information content (AvgIpc) is 3.12. The Morgan fingerprint density at radius 1 is 1.38 bits per heavy atom. The lowest BCUT2D eigenvalue weighted by Crippen LogP contribution is -2.48. The van der Waals surface area contributed by atoms with E-state index in [0.29, 0.717) is 29.8 Å². The minimum Gasteiger partial charge on any atom is -0.478 e. The molecule has 6 nitrogen and oxygen atoms in total. The zero-order chi connectivity index (χ0) is 14.4. The molecule has 110 valence electrons. The van der Waals surface area contributed by atoms with Crippen LogP contribution in [-0.4, -0.2) is 41.4 Å². The van der Waals surface area contributed by atoms with Gasteiger partial charge in [0.25, 0.3) is 6.01 Å². The number of aromatic carboxylic acids is 1. The van der Waals surface area contributed by atoms with Crippen molar-refractivity contribution in [1.29, 1.82) is 0 Å². The zero-order valence-electron chi connectivity index (χ0n) is 11.5. The molecule has 1 aliphatic carbocycles. The monoisotopic (exact) mass is 288 g/mol. The van der Waals surface area contributed by atoms with Gasteiger partial charge in [-0.1, -0.05) is 0 Å². The number of oxazole rings is 1. The summed E-state index contributed by atoms with van der Waals surface area (Å²) in [7, 11) is 0. The highest BCUT2D eigenvalue weighted by Gasteiger charge is 2.38. The Labute approximate surface area is 121 Å². The molecule has 1 N–H and O–H groups in total. The number of carboxylic acids is 1. The topological polar surface area (TPSA) is 75.8 Å². The molecule has 21 heavy (non-hydrogen) atoms. The predicted molar refractivity (Wildman–Crippen MR) is 75.7 cm³/mol. The highest BCUT2D eigenvalue weighted by Crippen LogP contribution is 2.34. The molecule has 0 spiro atoms. The molecule has 1 aliphatic heterocycles. The second-order valence-electron chi connectivity index (χ2n) is 5.58. The van der Waals surface area contributed by atoms with Crippen molar-refractivity contribution in [2.45, 2.75) is 31.4 Å². The van der Waals surface area contributed by atoms with E-state index in [-0.39, 0.29) is 11.7 Å². The molecule has 0 radical (unpaired) electrons. The zero-order valence-corrected chi connectivity index (χ0v) is 11.5. The van der Waals surface area contributed by atoms with Crippen LogP contribution in [0.3, 0.4) is 0 Å². The summed E-state index contributed by atoms with van der Waals surface area (Å²) in [6.07, 6.45) is 3.60. The summed E-state index contributed by atoms with van der Waals surface area (Å²) < 4.78 is 11.6. The van der Waals surface area contributed by atoms with Crippen LogP contribution in [0.1, 0.15) is 29.6 Å². The number of fused-ring (bicyclic) bond motifs is 2. The van der Waals surface area contributed by atoms with Crippen LogP contribution < -0.4 is 4.90 Å². The smallest absolute Gasteiger partial charge is 0.335 e. The molecule has 2 heterocycles. The summed E-state index contributed by atoms with van der Waals surface area (Å²) >= 11 is 0. The van der Waals surface area contributed by atoms with E-state index in [0.717, 1.165) is 25.8 Å². The van der Waals surface area contributed by atoms with Crippen LogP contribution in [0.5, 0.6) is 0 Å². The molecular formula is C15H16N2O4. The fraction of sp³-hybridized carbons (Fsp3) is 0.467. The molecule has 2 unspecified atom stereocenters. The number of benzene rings is 1. The molecule has 1 aromatic carbocycles. The van der Waals surface area contributed by atoms with Crippen molar-refractivity contribution in [1.82, 2.24) is 4.98 Å². The fourth-order valence-electron chi connectivity index (χ4n) is 3.33. The number of anilines is 1. The number of hydrogen-bond acceptors (Lipinski definition) is 5. The first-order chi connectivity index (χ1) is 10.2. The minimum atomic E-state index is -0.961. The normalized spacial score (nSPS) is 25.2. The third kappa shape index (κ3) is 2.06. The maximum Gasteiger partial charge on any atom is 0.335 e. The highest BCUT2D eigenvalue weighted by atomic mass is 16.5. The van der Waals surface area contributed by atoms with E-state index in [2.05, 4.69) is 9.88 Å².